The third kappa shape index (κ3) is 2.72. The van der Waals surface area contributed by atoms with Crippen molar-refractivity contribution in [3.63, 3.8) is 0 Å². The first-order valence-corrected chi connectivity index (χ1v) is 7.95. The summed E-state index contributed by atoms with van der Waals surface area (Å²) in [7, 11) is 0.866. The van der Waals surface area contributed by atoms with Crippen LogP contribution in [0.15, 0.2) is 12.1 Å². The Labute approximate surface area is 137 Å². The predicted molar refractivity (Wildman–Crippen MR) is 88.1 cm³/mol. The maximum absolute atomic E-state index is 11.8. The van der Waals surface area contributed by atoms with Crippen molar-refractivity contribution >= 4 is 24.4 Å². The monoisotopic (exact) mass is 318 g/mol. The lowest BCUT2D eigenvalue weighted by atomic mass is 9.78. The number of nitrogens with zero attached hydrogens (tertiary/aromatic N) is 2. The maximum atomic E-state index is 11.8. The normalized spacial score (nSPS) is 22.0. The van der Waals surface area contributed by atoms with Gasteiger partial charge in [-0.1, -0.05) is 6.07 Å². The predicted octanol–water partition coefficient (Wildman–Crippen LogP) is 1.38. The molecule has 1 aromatic heterocycles. The number of pyridine rings is 1. The standard InChI is InChI=1S/C16H23BN2O4/c1-15(2)16(3,4)23-17(22-15)11-7-8-12(14(20)21-5)18-13(11)19-9-6-10-19/h7-8H,6,9-10H2,1-5H3. The number of hydrogen-bond donors (Lipinski definition) is 0. The first-order chi connectivity index (χ1) is 10.7. The van der Waals surface area contributed by atoms with E-state index in [4.69, 9.17) is 14.0 Å². The van der Waals surface area contributed by atoms with Crippen LogP contribution < -0.4 is 10.4 Å². The number of esters is 1. The second-order valence-corrected chi connectivity index (χ2v) is 7.03. The second kappa shape index (κ2) is 5.49. The molecule has 0 atom stereocenters. The van der Waals surface area contributed by atoms with Crippen molar-refractivity contribution in [3.8, 4) is 0 Å². The lowest BCUT2D eigenvalue weighted by Gasteiger charge is -2.34. The van der Waals surface area contributed by atoms with Gasteiger partial charge < -0.3 is 18.9 Å². The lowest BCUT2D eigenvalue weighted by Crippen LogP contribution is -2.45. The fourth-order valence-electron chi connectivity index (χ4n) is 2.61. The van der Waals surface area contributed by atoms with Gasteiger partial charge in [0.1, 0.15) is 5.82 Å². The molecule has 3 rings (SSSR count). The molecule has 0 aromatic carbocycles. The van der Waals surface area contributed by atoms with Crippen molar-refractivity contribution in [2.24, 2.45) is 0 Å². The first-order valence-electron chi connectivity index (χ1n) is 7.95. The molecule has 23 heavy (non-hydrogen) atoms. The minimum absolute atomic E-state index is 0.301. The second-order valence-electron chi connectivity index (χ2n) is 7.03. The Hall–Kier alpha value is -1.60. The average molecular weight is 318 g/mol. The number of rotatable bonds is 3. The van der Waals surface area contributed by atoms with Gasteiger partial charge in [0.05, 0.1) is 18.3 Å². The van der Waals surface area contributed by atoms with Crippen LogP contribution in [0.4, 0.5) is 5.82 Å². The largest absolute Gasteiger partial charge is 0.498 e. The molecule has 0 unspecified atom stereocenters. The molecule has 2 aliphatic rings. The van der Waals surface area contributed by atoms with Gasteiger partial charge in [-0.15, -0.1) is 0 Å². The third-order valence-corrected chi connectivity index (χ3v) is 4.96. The molecule has 0 N–H and O–H groups in total. The van der Waals surface area contributed by atoms with Crippen molar-refractivity contribution in [2.75, 3.05) is 25.1 Å². The quantitative estimate of drug-likeness (QED) is 0.620. The molecule has 6 nitrogen and oxygen atoms in total. The molecule has 124 valence electrons. The van der Waals surface area contributed by atoms with Crippen molar-refractivity contribution in [1.82, 2.24) is 4.98 Å². The van der Waals surface area contributed by atoms with Crippen LogP contribution in [-0.2, 0) is 14.0 Å². The molecular weight excluding hydrogens is 295 g/mol. The minimum Gasteiger partial charge on any atom is -0.464 e. The molecule has 7 heteroatoms. The van der Waals surface area contributed by atoms with E-state index in [1.54, 1.807) is 6.07 Å². The Morgan fingerprint density at radius 3 is 2.30 bits per heavy atom. The van der Waals surface area contributed by atoms with Gasteiger partial charge in [-0.3, -0.25) is 0 Å². The molecule has 0 saturated carbocycles. The highest BCUT2D eigenvalue weighted by molar-refractivity contribution is 6.63. The molecule has 1 aromatic rings. The van der Waals surface area contributed by atoms with E-state index in [1.165, 1.54) is 7.11 Å². The summed E-state index contributed by atoms with van der Waals surface area (Å²) in [5.74, 6) is 0.310. The molecule has 2 saturated heterocycles. The van der Waals surface area contributed by atoms with Crippen LogP contribution in [0.2, 0.25) is 0 Å². The molecular formula is C16H23BN2O4. The molecule has 0 spiro atoms. The van der Waals surface area contributed by atoms with E-state index in [9.17, 15) is 4.79 Å². The molecule has 3 heterocycles. The van der Waals surface area contributed by atoms with Crippen molar-refractivity contribution in [1.29, 1.82) is 0 Å². The Morgan fingerprint density at radius 1 is 1.22 bits per heavy atom. The number of methoxy groups -OCH3 is 1. The number of carbonyl (C=O) groups is 1. The summed E-state index contributed by atoms with van der Waals surface area (Å²) in [6.07, 6.45) is 1.12. The Morgan fingerprint density at radius 2 is 1.83 bits per heavy atom. The van der Waals surface area contributed by atoms with Crippen molar-refractivity contribution in [2.45, 2.75) is 45.3 Å². The van der Waals surface area contributed by atoms with Crippen LogP contribution in [0.25, 0.3) is 0 Å². The van der Waals surface area contributed by atoms with Gasteiger partial charge in [-0.25, -0.2) is 9.78 Å². The van der Waals surface area contributed by atoms with Gasteiger partial charge >= 0.3 is 13.1 Å². The Kier molecular flexibility index (Phi) is 3.88. The van der Waals surface area contributed by atoms with Crippen LogP contribution in [0, 0.1) is 0 Å². The SMILES string of the molecule is COC(=O)c1ccc(B2OC(C)(C)C(C)(C)O2)c(N2CCC2)n1. The maximum Gasteiger partial charge on any atom is 0.498 e. The summed E-state index contributed by atoms with van der Waals surface area (Å²) in [5.41, 5.74) is 0.334. The average Bonchev–Trinajstić information content (AvgIpc) is 2.64. The zero-order chi connectivity index (χ0) is 16.8. The summed E-state index contributed by atoms with van der Waals surface area (Å²) in [4.78, 5) is 18.4. The van der Waals surface area contributed by atoms with Gasteiger partial charge in [0.25, 0.3) is 0 Å². The summed E-state index contributed by atoms with van der Waals surface area (Å²) in [5, 5.41) is 0. The van der Waals surface area contributed by atoms with Crippen molar-refractivity contribution < 1.29 is 18.8 Å². The van der Waals surface area contributed by atoms with Crippen LogP contribution in [0.3, 0.4) is 0 Å². The number of anilines is 1. The van der Waals surface area contributed by atoms with Gasteiger partial charge in [0.15, 0.2) is 5.69 Å². The molecule has 2 fully saturated rings. The van der Waals surface area contributed by atoms with E-state index in [2.05, 4.69) is 9.88 Å². The van der Waals surface area contributed by atoms with Gasteiger partial charge in [-0.05, 0) is 40.2 Å². The number of hydrogen-bond acceptors (Lipinski definition) is 6. The van der Waals surface area contributed by atoms with E-state index in [0.717, 1.165) is 30.8 Å². The van der Waals surface area contributed by atoms with Crippen LogP contribution >= 0.6 is 0 Å². The highest BCUT2D eigenvalue weighted by Gasteiger charge is 2.52. The summed E-state index contributed by atoms with van der Waals surface area (Å²) < 4.78 is 17.0. The van der Waals surface area contributed by atoms with Crippen molar-refractivity contribution in [3.05, 3.63) is 17.8 Å². The fourth-order valence-corrected chi connectivity index (χ4v) is 2.61. The fraction of sp³-hybridized carbons (Fsp3) is 0.625. The Bertz CT molecular complexity index is 613. The lowest BCUT2D eigenvalue weighted by molar-refractivity contribution is 0.00578. The van der Waals surface area contributed by atoms with Gasteiger partial charge in [-0.2, -0.15) is 0 Å². The van der Waals surface area contributed by atoms with Crippen LogP contribution in [0.5, 0.6) is 0 Å². The van der Waals surface area contributed by atoms with E-state index < -0.39 is 24.3 Å². The summed E-state index contributed by atoms with van der Waals surface area (Å²) >= 11 is 0. The third-order valence-electron chi connectivity index (χ3n) is 4.96. The Balaban J connectivity index is 1.97. The van der Waals surface area contributed by atoms with E-state index in [0.29, 0.717) is 5.69 Å². The van der Waals surface area contributed by atoms with Gasteiger partial charge in [0.2, 0.25) is 0 Å². The van der Waals surface area contributed by atoms with Crippen LogP contribution in [0.1, 0.15) is 44.6 Å². The van der Waals surface area contributed by atoms with Crippen LogP contribution in [-0.4, -0.2) is 49.5 Å². The smallest absolute Gasteiger partial charge is 0.464 e. The summed E-state index contributed by atoms with van der Waals surface area (Å²) in [6.45, 7) is 9.92. The molecule has 0 radical (unpaired) electrons. The highest BCUT2D eigenvalue weighted by Crippen LogP contribution is 2.37. The highest BCUT2D eigenvalue weighted by atomic mass is 16.7. The van der Waals surface area contributed by atoms with E-state index in [1.807, 2.05) is 33.8 Å². The zero-order valence-corrected chi connectivity index (χ0v) is 14.4. The zero-order valence-electron chi connectivity index (χ0n) is 14.4. The van der Waals surface area contributed by atoms with E-state index in [-0.39, 0.29) is 0 Å². The summed E-state index contributed by atoms with van der Waals surface area (Å²) in [6, 6.07) is 3.52. The topological polar surface area (TPSA) is 60.9 Å². The molecule has 2 aliphatic heterocycles. The molecule has 0 aliphatic carbocycles. The minimum atomic E-state index is -0.491. The number of ether oxygens (including phenoxy) is 1. The number of aromatic nitrogens is 1. The molecule has 0 amide bonds. The number of carbonyl (C=O) groups excluding carboxylic acids is 1. The van der Waals surface area contributed by atoms with Gasteiger partial charge in [0, 0.05) is 18.6 Å². The van der Waals surface area contributed by atoms with E-state index >= 15 is 0 Å². The molecule has 0 bridgehead atoms. The first kappa shape index (κ1) is 16.3.